The lowest BCUT2D eigenvalue weighted by Gasteiger charge is -2.51. The van der Waals surface area contributed by atoms with Crippen LogP contribution in [0.25, 0.3) is 0 Å². The van der Waals surface area contributed by atoms with Crippen LogP contribution < -0.4 is 5.32 Å². The minimum Gasteiger partial charge on any atom is -0.315 e. The zero-order valence-electron chi connectivity index (χ0n) is 13.7. The molecular weight excluding hydrogens is 234 g/mol. The molecule has 2 aliphatic rings. The highest BCUT2D eigenvalue weighted by Crippen LogP contribution is 2.33. The summed E-state index contributed by atoms with van der Waals surface area (Å²) in [4.78, 5) is 5.30. The van der Waals surface area contributed by atoms with Gasteiger partial charge in [0.25, 0.3) is 0 Å². The first-order chi connectivity index (χ1) is 8.93. The maximum absolute atomic E-state index is 3.60. The third-order valence-electron chi connectivity index (χ3n) is 5.61. The summed E-state index contributed by atoms with van der Waals surface area (Å²) in [6.45, 7) is 12.1. The summed E-state index contributed by atoms with van der Waals surface area (Å²) in [5.74, 6) is 1.68. The summed E-state index contributed by atoms with van der Waals surface area (Å²) < 4.78 is 0. The van der Waals surface area contributed by atoms with Gasteiger partial charge in [0.1, 0.15) is 0 Å². The normalized spacial score (nSPS) is 46.4. The van der Waals surface area contributed by atoms with Crippen molar-refractivity contribution in [3.05, 3.63) is 0 Å². The van der Waals surface area contributed by atoms with Crippen LogP contribution in [0.4, 0.5) is 0 Å². The molecule has 6 atom stereocenters. The highest BCUT2D eigenvalue weighted by Gasteiger charge is 2.40. The van der Waals surface area contributed by atoms with E-state index in [2.05, 4.69) is 56.9 Å². The summed E-state index contributed by atoms with van der Waals surface area (Å²) in [7, 11) is 4.42. The van der Waals surface area contributed by atoms with Crippen LogP contribution in [0.5, 0.6) is 0 Å². The predicted octanol–water partition coefficient (Wildman–Crippen LogP) is 2.03. The van der Waals surface area contributed by atoms with Gasteiger partial charge in [-0.15, -0.1) is 0 Å². The highest BCUT2D eigenvalue weighted by atomic mass is 15.3. The Labute approximate surface area is 119 Å². The Morgan fingerprint density at radius 3 is 2.05 bits per heavy atom. The lowest BCUT2D eigenvalue weighted by molar-refractivity contribution is -0.0117. The number of nitrogens with one attached hydrogen (secondary N) is 1. The average molecular weight is 267 g/mol. The van der Waals surface area contributed by atoms with Gasteiger partial charge in [-0.3, -0.25) is 9.80 Å². The van der Waals surface area contributed by atoms with Gasteiger partial charge < -0.3 is 5.32 Å². The molecule has 0 radical (unpaired) electrons. The maximum Gasteiger partial charge on any atom is 0.0276 e. The number of hydrogen-bond donors (Lipinski definition) is 1. The van der Waals surface area contributed by atoms with Crippen molar-refractivity contribution < 1.29 is 0 Å². The van der Waals surface area contributed by atoms with Gasteiger partial charge in [0.15, 0.2) is 0 Å². The fraction of sp³-hybridized carbons (Fsp3) is 1.00. The Hall–Kier alpha value is -0.120. The molecule has 2 rings (SSSR count). The van der Waals surface area contributed by atoms with Gasteiger partial charge in [0.2, 0.25) is 0 Å². The van der Waals surface area contributed by atoms with E-state index in [1.54, 1.807) is 0 Å². The van der Waals surface area contributed by atoms with Gasteiger partial charge in [0.05, 0.1) is 0 Å². The number of piperazine rings is 1. The zero-order valence-corrected chi connectivity index (χ0v) is 13.7. The second-order valence-electron chi connectivity index (χ2n) is 7.26. The first-order valence-corrected chi connectivity index (χ1v) is 8.07. The Morgan fingerprint density at radius 2 is 1.53 bits per heavy atom. The second-order valence-corrected chi connectivity index (χ2v) is 7.26. The molecule has 0 aromatic heterocycles. The molecule has 2 fully saturated rings. The molecule has 0 aromatic rings. The van der Waals surface area contributed by atoms with Crippen LogP contribution in [0.3, 0.4) is 0 Å². The van der Waals surface area contributed by atoms with E-state index in [1.165, 1.54) is 25.9 Å². The Bertz CT molecular complexity index is 282. The Balaban J connectivity index is 2.10. The van der Waals surface area contributed by atoms with Gasteiger partial charge in [-0.25, -0.2) is 0 Å². The summed E-state index contributed by atoms with van der Waals surface area (Å²) >= 11 is 0. The number of likely N-dealkylation sites (N-methyl/N-ethyl adjacent to an activating group) is 2. The number of nitrogens with zero attached hydrogens (tertiary/aromatic N) is 2. The smallest absolute Gasteiger partial charge is 0.0276 e. The van der Waals surface area contributed by atoms with E-state index in [1.807, 2.05) is 0 Å². The quantitative estimate of drug-likeness (QED) is 0.826. The lowest BCUT2D eigenvalue weighted by atomic mass is 9.75. The van der Waals surface area contributed by atoms with Gasteiger partial charge in [0, 0.05) is 37.3 Å². The minimum absolute atomic E-state index is 0.668. The third-order valence-corrected chi connectivity index (χ3v) is 5.61. The molecule has 1 N–H and O–H groups in total. The fourth-order valence-corrected chi connectivity index (χ4v) is 4.43. The first kappa shape index (κ1) is 15.3. The molecule has 1 aliphatic carbocycles. The lowest BCUT2D eigenvalue weighted by Crippen LogP contribution is -2.63. The van der Waals surface area contributed by atoms with Crippen molar-refractivity contribution in [2.24, 2.45) is 11.8 Å². The van der Waals surface area contributed by atoms with Gasteiger partial charge in [-0.2, -0.15) is 0 Å². The molecule has 0 bridgehead atoms. The van der Waals surface area contributed by atoms with Crippen LogP contribution in [0.15, 0.2) is 0 Å². The van der Waals surface area contributed by atoms with E-state index in [0.717, 1.165) is 17.9 Å². The van der Waals surface area contributed by atoms with Crippen LogP contribution in [0.1, 0.15) is 40.5 Å². The molecule has 1 heterocycles. The standard InChI is InChI=1S/C16H33N3/c1-11-7-12(2)16(15(8-11)17-5)19-9-13(3)18(6)14(4)10-19/h11-17H,7-10H2,1-6H3. The maximum atomic E-state index is 3.60. The molecule has 1 saturated heterocycles. The summed E-state index contributed by atoms with van der Waals surface area (Å²) in [5, 5.41) is 3.60. The van der Waals surface area contributed by atoms with E-state index in [4.69, 9.17) is 0 Å². The SMILES string of the molecule is CNC1CC(C)CC(C)C1N1CC(C)N(C)C(C)C1. The van der Waals surface area contributed by atoms with Crippen molar-refractivity contribution in [2.45, 2.75) is 64.7 Å². The zero-order chi connectivity index (χ0) is 14.2. The molecule has 3 heteroatoms. The van der Waals surface area contributed by atoms with Crippen LogP contribution in [0, 0.1) is 11.8 Å². The summed E-state index contributed by atoms with van der Waals surface area (Å²) in [6.07, 6.45) is 2.72. The van der Waals surface area contributed by atoms with Crippen molar-refractivity contribution in [1.82, 2.24) is 15.1 Å². The molecular formula is C16H33N3. The van der Waals surface area contributed by atoms with Crippen LogP contribution in [-0.4, -0.2) is 61.2 Å². The van der Waals surface area contributed by atoms with E-state index < -0.39 is 0 Å². The highest BCUT2D eigenvalue weighted by molar-refractivity contribution is 4.97. The molecule has 1 saturated carbocycles. The molecule has 3 nitrogen and oxygen atoms in total. The van der Waals surface area contributed by atoms with Crippen molar-refractivity contribution in [2.75, 3.05) is 27.2 Å². The van der Waals surface area contributed by atoms with Crippen LogP contribution in [-0.2, 0) is 0 Å². The molecule has 0 spiro atoms. The average Bonchev–Trinajstić information content (AvgIpc) is 2.34. The van der Waals surface area contributed by atoms with Crippen molar-refractivity contribution in [3.63, 3.8) is 0 Å². The molecule has 6 unspecified atom stereocenters. The minimum atomic E-state index is 0.668. The first-order valence-electron chi connectivity index (χ1n) is 8.07. The largest absolute Gasteiger partial charge is 0.315 e. The van der Waals surface area contributed by atoms with E-state index in [9.17, 15) is 0 Å². The Kier molecular flexibility index (Phi) is 4.91. The van der Waals surface area contributed by atoms with Gasteiger partial charge in [-0.05, 0) is 52.6 Å². The molecule has 1 aliphatic heterocycles. The fourth-order valence-electron chi connectivity index (χ4n) is 4.43. The third kappa shape index (κ3) is 3.14. The molecule has 112 valence electrons. The molecule has 19 heavy (non-hydrogen) atoms. The second kappa shape index (κ2) is 6.11. The predicted molar refractivity (Wildman–Crippen MR) is 82.5 cm³/mol. The number of hydrogen-bond acceptors (Lipinski definition) is 3. The van der Waals surface area contributed by atoms with E-state index >= 15 is 0 Å². The summed E-state index contributed by atoms with van der Waals surface area (Å²) in [5.41, 5.74) is 0. The topological polar surface area (TPSA) is 18.5 Å². The van der Waals surface area contributed by atoms with E-state index in [0.29, 0.717) is 18.1 Å². The molecule has 0 aromatic carbocycles. The summed E-state index contributed by atoms with van der Waals surface area (Å²) in [6, 6.07) is 2.74. The number of rotatable bonds is 2. The van der Waals surface area contributed by atoms with Gasteiger partial charge in [-0.1, -0.05) is 13.8 Å². The molecule has 0 amide bonds. The monoisotopic (exact) mass is 267 g/mol. The van der Waals surface area contributed by atoms with E-state index in [-0.39, 0.29) is 0 Å². The van der Waals surface area contributed by atoms with Crippen LogP contribution in [0.2, 0.25) is 0 Å². The van der Waals surface area contributed by atoms with Crippen molar-refractivity contribution >= 4 is 0 Å². The van der Waals surface area contributed by atoms with Crippen LogP contribution >= 0.6 is 0 Å². The van der Waals surface area contributed by atoms with Crippen molar-refractivity contribution in [1.29, 1.82) is 0 Å². The van der Waals surface area contributed by atoms with Crippen molar-refractivity contribution in [3.8, 4) is 0 Å². The Morgan fingerprint density at radius 1 is 0.947 bits per heavy atom. The van der Waals surface area contributed by atoms with Gasteiger partial charge >= 0.3 is 0 Å².